The summed E-state index contributed by atoms with van der Waals surface area (Å²) in [6.45, 7) is 4.36. The third-order valence-corrected chi connectivity index (χ3v) is 6.42. The first-order chi connectivity index (χ1) is 16.4. The lowest BCUT2D eigenvalue weighted by Crippen LogP contribution is -2.26. The number of rotatable bonds is 6. The van der Waals surface area contributed by atoms with Gasteiger partial charge in [0.05, 0.1) is 34.6 Å². The molecule has 5 rings (SSSR count). The Morgan fingerprint density at radius 1 is 0.559 bits per heavy atom. The molecule has 34 heavy (non-hydrogen) atoms. The second-order valence-corrected chi connectivity index (χ2v) is 8.89. The summed E-state index contributed by atoms with van der Waals surface area (Å²) in [5, 5.41) is 0.680. The monoisotopic (exact) mass is 452 g/mol. The van der Waals surface area contributed by atoms with Crippen molar-refractivity contribution in [2.75, 3.05) is 0 Å². The molecule has 6 heteroatoms. The van der Waals surface area contributed by atoms with Gasteiger partial charge in [0.1, 0.15) is 0 Å². The molecule has 0 fully saturated rings. The zero-order valence-corrected chi connectivity index (χ0v) is 19.1. The quantitative estimate of drug-likeness (QED) is 0.396. The molecule has 0 aliphatic heterocycles. The first-order valence-electron chi connectivity index (χ1n) is 11.4. The summed E-state index contributed by atoms with van der Waals surface area (Å²) in [5.74, 6) is 0. The highest BCUT2D eigenvalue weighted by Crippen LogP contribution is 2.16. The molecule has 6 nitrogen and oxygen atoms in total. The van der Waals surface area contributed by atoms with Gasteiger partial charge in [0.25, 0.3) is 22.2 Å². The Kier molecular flexibility index (Phi) is 5.36. The zero-order valence-electron chi connectivity index (χ0n) is 19.1. The average Bonchev–Trinajstić information content (AvgIpc) is 3.21. The normalized spacial score (nSPS) is 11.6. The number of benzene rings is 3. The fraction of sp³-hybridized carbons (Fsp3) is 0.214. The van der Waals surface area contributed by atoms with E-state index in [2.05, 4.69) is 6.92 Å². The summed E-state index contributed by atoms with van der Waals surface area (Å²) in [5.41, 5.74) is 2.17. The summed E-state index contributed by atoms with van der Waals surface area (Å²) < 4.78 is 2.34. The Labute approximate surface area is 195 Å². The Hall–Kier alpha value is -4.06. The Morgan fingerprint density at radius 3 is 1.29 bits per heavy atom. The largest absolute Gasteiger partial charge is 0.270 e. The maximum absolute atomic E-state index is 13.1. The van der Waals surface area contributed by atoms with E-state index in [0.717, 1.165) is 34.1 Å². The van der Waals surface area contributed by atoms with E-state index in [1.807, 2.05) is 55.5 Å². The number of hydrogen-bond acceptors (Lipinski definition) is 4. The molecular weight excluding hydrogens is 428 g/mol. The first-order valence-corrected chi connectivity index (χ1v) is 11.4. The van der Waals surface area contributed by atoms with E-state index in [4.69, 9.17) is 0 Å². The van der Waals surface area contributed by atoms with Gasteiger partial charge in [-0.3, -0.25) is 28.3 Å². The highest BCUT2D eigenvalue weighted by Gasteiger charge is 2.19. The summed E-state index contributed by atoms with van der Waals surface area (Å²) in [6.07, 6.45) is 2.02. The minimum absolute atomic E-state index is 0.138. The van der Waals surface area contributed by atoms with Crippen LogP contribution in [-0.2, 0) is 19.5 Å². The van der Waals surface area contributed by atoms with Gasteiger partial charge in [-0.15, -0.1) is 0 Å². The van der Waals surface area contributed by atoms with E-state index in [9.17, 15) is 19.2 Å². The van der Waals surface area contributed by atoms with Gasteiger partial charge < -0.3 is 0 Å². The number of hydrogen-bond donors (Lipinski definition) is 0. The molecule has 2 aromatic heterocycles. The summed E-state index contributed by atoms with van der Waals surface area (Å²) >= 11 is 0. The van der Waals surface area contributed by atoms with Gasteiger partial charge in [-0.25, -0.2) is 0 Å². The van der Waals surface area contributed by atoms with Crippen molar-refractivity contribution >= 4 is 21.5 Å². The molecule has 0 unspecified atom stereocenters. The van der Waals surface area contributed by atoms with Gasteiger partial charge in [0, 0.05) is 0 Å². The van der Waals surface area contributed by atoms with E-state index in [0.29, 0.717) is 0 Å². The molecule has 0 bridgehead atoms. The number of aromatic nitrogens is 2. The van der Waals surface area contributed by atoms with Gasteiger partial charge >= 0.3 is 0 Å². The molecular formula is C28H24N2O4. The molecule has 0 aliphatic rings. The molecule has 0 amide bonds. The third-order valence-electron chi connectivity index (χ3n) is 6.42. The van der Waals surface area contributed by atoms with Gasteiger partial charge in [-0.2, -0.15) is 0 Å². The first kappa shape index (κ1) is 21.8. The van der Waals surface area contributed by atoms with Crippen LogP contribution < -0.4 is 22.2 Å². The van der Waals surface area contributed by atoms with Crippen molar-refractivity contribution in [1.29, 1.82) is 0 Å². The lowest BCUT2D eigenvalue weighted by molar-refractivity contribution is 0.752. The van der Waals surface area contributed by atoms with Gasteiger partial charge in [0.2, 0.25) is 0 Å². The summed E-state index contributed by atoms with van der Waals surface area (Å²) in [6, 6.07) is 18.3. The van der Waals surface area contributed by atoms with Crippen molar-refractivity contribution in [3.63, 3.8) is 0 Å². The van der Waals surface area contributed by atoms with Crippen LogP contribution in [0.2, 0.25) is 0 Å². The SMILES string of the molecule is CCCc1ccc(Cn2c(=O)c3cc4c(=O)n(Cc5ccc(C)cc5)c(=O)c4cc3c2=O)cc1. The van der Waals surface area contributed by atoms with Crippen LogP contribution in [0.4, 0.5) is 0 Å². The minimum atomic E-state index is -0.450. The maximum Gasteiger partial charge on any atom is 0.261 e. The lowest BCUT2D eigenvalue weighted by atomic mass is 10.1. The van der Waals surface area contributed by atoms with E-state index in [1.165, 1.54) is 22.3 Å². The van der Waals surface area contributed by atoms with E-state index >= 15 is 0 Å². The molecule has 0 saturated heterocycles. The summed E-state index contributed by atoms with van der Waals surface area (Å²) in [4.78, 5) is 52.2. The van der Waals surface area contributed by atoms with E-state index in [-0.39, 0.29) is 34.6 Å². The highest BCUT2D eigenvalue weighted by molar-refractivity contribution is 5.97. The van der Waals surface area contributed by atoms with Gasteiger partial charge in [-0.05, 0) is 42.2 Å². The van der Waals surface area contributed by atoms with Crippen molar-refractivity contribution in [1.82, 2.24) is 9.13 Å². The Bertz CT molecular complexity index is 1650. The Balaban J connectivity index is 1.58. The lowest BCUT2D eigenvalue weighted by Gasteiger charge is -2.03. The fourth-order valence-corrected chi connectivity index (χ4v) is 4.52. The van der Waals surface area contributed by atoms with Crippen LogP contribution in [0.3, 0.4) is 0 Å². The van der Waals surface area contributed by atoms with Crippen LogP contribution in [0, 0.1) is 6.92 Å². The molecule has 0 atom stereocenters. The number of aryl methyl sites for hydroxylation is 2. The fourth-order valence-electron chi connectivity index (χ4n) is 4.52. The maximum atomic E-state index is 13.1. The van der Waals surface area contributed by atoms with Gasteiger partial charge in [-0.1, -0.05) is 67.4 Å². The number of nitrogens with zero attached hydrogens (tertiary/aromatic N) is 2. The average molecular weight is 453 g/mol. The van der Waals surface area contributed by atoms with Crippen molar-refractivity contribution < 1.29 is 0 Å². The molecule has 0 spiro atoms. The van der Waals surface area contributed by atoms with Crippen molar-refractivity contribution in [3.8, 4) is 0 Å². The summed E-state index contributed by atoms with van der Waals surface area (Å²) in [7, 11) is 0. The second-order valence-electron chi connectivity index (χ2n) is 8.89. The predicted molar refractivity (Wildman–Crippen MR) is 135 cm³/mol. The Morgan fingerprint density at radius 2 is 0.912 bits per heavy atom. The van der Waals surface area contributed by atoms with Crippen LogP contribution in [0.1, 0.15) is 35.6 Å². The smallest absolute Gasteiger partial charge is 0.261 e. The van der Waals surface area contributed by atoms with E-state index in [1.54, 1.807) is 0 Å². The molecule has 0 N–H and O–H groups in total. The zero-order chi connectivity index (χ0) is 24.0. The molecule has 0 radical (unpaired) electrons. The van der Waals surface area contributed by atoms with E-state index < -0.39 is 22.2 Å². The standard InChI is InChI=1S/C28H24N2O4/c1-3-4-18-9-11-20(12-10-18)16-30-27(33)23-13-21-22(14-24(23)28(30)34)26(32)29(25(21)31)15-19-7-5-17(2)6-8-19/h5-14H,3-4,15-16H2,1-2H3. The second kappa shape index (κ2) is 8.37. The van der Waals surface area contributed by atoms with Crippen LogP contribution in [0.5, 0.6) is 0 Å². The molecule has 170 valence electrons. The van der Waals surface area contributed by atoms with Crippen LogP contribution in [0.25, 0.3) is 21.5 Å². The van der Waals surface area contributed by atoms with Crippen molar-refractivity contribution in [2.24, 2.45) is 0 Å². The van der Waals surface area contributed by atoms with Crippen LogP contribution in [-0.4, -0.2) is 9.13 Å². The molecule has 5 aromatic rings. The van der Waals surface area contributed by atoms with Crippen molar-refractivity contribution in [3.05, 3.63) is 124 Å². The predicted octanol–water partition coefficient (Wildman–Crippen LogP) is 3.27. The molecule has 2 heterocycles. The van der Waals surface area contributed by atoms with Crippen LogP contribution >= 0.6 is 0 Å². The topological polar surface area (TPSA) is 78.1 Å². The molecule has 0 saturated carbocycles. The third kappa shape index (κ3) is 3.61. The highest BCUT2D eigenvalue weighted by atomic mass is 16.2. The molecule has 3 aromatic carbocycles. The van der Waals surface area contributed by atoms with Crippen molar-refractivity contribution in [2.45, 2.75) is 39.8 Å². The van der Waals surface area contributed by atoms with Gasteiger partial charge in [0.15, 0.2) is 0 Å². The molecule has 0 aliphatic carbocycles. The minimum Gasteiger partial charge on any atom is -0.270 e. The number of fused-ring (bicyclic) bond motifs is 2. The van der Waals surface area contributed by atoms with Crippen LogP contribution in [0.15, 0.2) is 79.8 Å².